The van der Waals surface area contributed by atoms with Gasteiger partial charge in [0.2, 0.25) is 0 Å². The van der Waals surface area contributed by atoms with Crippen LogP contribution < -0.4 is 5.32 Å². The second kappa shape index (κ2) is 1.78. The summed E-state index contributed by atoms with van der Waals surface area (Å²) in [6.07, 6.45) is 0.0417. The monoisotopic (exact) mass is 101 g/mol. The molecule has 1 unspecified atom stereocenters. The van der Waals surface area contributed by atoms with E-state index in [0.717, 1.165) is 11.6 Å². The van der Waals surface area contributed by atoms with Crippen LogP contribution in [0.25, 0.3) is 0 Å². The maximum Gasteiger partial charge on any atom is 0.0453 e. The van der Waals surface area contributed by atoms with Crippen LogP contribution in [0.4, 0.5) is 0 Å². The molecule has 3 heteroatoms. The van der Waals surface area contributed by atoms with Crippen LogP contribution in [0.3, 0.4) is 0 Å². The van der Waals surface area contributed by atoms with E-state index < -0.39 is 0 Å². The van der Waals surface area contributed by atoms with Crippen LogP contribution in [0, 0.1) is 5.21 Å². The summed E-state index contributed by atoms with van der Waals surface area (Å²) in [6.45, 7) is 3.34. The molecule has 1 aliphatic rings. The van der Waals surface area contributed by atoms with Crippen molar-refractivity contribution in [1.29, 1.82) is 0 Å². The Labute approximate surface area is 42.9 Å². The minimum absolute atomic E-state index is 0.0417. The molecule has 1 N–H and O–H groups in total. The van der Waals surface area contributed by atoms with Crippen molar-refractivity contribution >= 4 is 0 Å². The van der Waals surface area contributed by atoms with Crippen LogP contribution in [0.15, 0.2) is 0 Å². The van der Waals surface area contributed by atoms with E-state index in [2.05, 4.69) is 5.32 Å². The minimum atomic E-state index is 0.0417. The summed E-state index contributed by atoms with van der Waals surface area (Å²) in [5.41, 5.74) is 0. The third kappa shape index (κ3) is 0.907. The lowest BCUT2D eigenvalue weighted by Crippen LogP contribution is -2.27. The number of hydrogen-bond acceptors (Lipinski definition) is 3. The second-order valence-corrected chi connectivity index (χ2v) is 1.77. The molecule has 0 spiro atoms. The molecule has 1 fully saturated rings. The zero-order valence-corrected chi connectivity index (χ0v) is 4.35. The van der Waals surface area contributed by atoms with Gasteiger partial charge in [-0.1, -0.05) is 0 Å². The third-order valence-corrected chi connectivity index (χ3v) is 1.20. The highest BCUT2D eigenvalue weighted by atomic mass is 16.5. The summed E-state index contributed by atoms with van der Waals surface area (Å²) >= 11 is 0. The van der Waals surface area contributed by atoms with Gasteiger partial charge in [-0.15, -0.1) is 0 Å². The molecule has 1 atom stereocenters. The number of nitrogens with zero attached hydrogens (tertiary/aromatic N) is 1. The molecule has 0 aromatic rings. The predicted molar refractivity (Wildman–Crippen MR) is 27.5 cm³/mol. The Hall–Kier alpha value is -0.120. The van der Waals surface area contributed by atoms with Crippen LogP contribution in [0.2, 0.25) is 0 Å². The van der Waals surface area contributed by atoms with Crippen molar-refractivity contribution in [1.82, 2.24) is 10.4 Å². The number of rotatable bonds is 0. The van der Waals surface area contributed by atoms with Gasteiger partial charge >= 0.3 is 0 Å². The Morgan fingerprint density at radius 1 is 1.86 bits per heavy atom. The van der Waals surface area contributed by atoms with Gasteiger partial charge < -0.3 is 15.6 Å². The van der Waals surface area contributed by atoms with Crippen LogP contribution in [0.5, 0.6) is 0 Å². The zero-order chi connectivity index (χ0) is 5.28. The van der Waals surface area contributed by atoms with Gasteiger partial charge in [-0.05, 0) is 13.5 Å². The average molecular weight is 101 g/mol. The van der Waals surface area contributed by atoms with Crippen molar-refractivity contribution in [3.63, 3.8) is 0 Å². The average Bonchev–Trinajstić information content (AvgIpc) is 1.91. The Morgan fingerprint density at radius 2 is 2.57 bits per heavy atom. The van der Waals surface area contributed by atoms with Crippen LogP contribution >= 0.6 is 0 Å². The molecule has 1 saturated heterocycles. The molecule has 0 amide bonds. The summed E-state index contributed by atoms with van der Waals surface area (Å²) < 4.78 is 0. The van der Waals surface area contributed by atoms with Gasteiger partial charge in [-0.25, -0.2) is 0 Å². The maximum atomic E-state index is 10.4. The molecular formula is C4H9N2O-. The number of hydroxylamine groups is 2. The lowest BCUT2D eigenvalue weighted by atomic mass is 10.6. The largest absolute Gasteiger partial charge is 0.784 e. The molecule has 0 aromatic carbocycles. The molecule has 0 aromatic heterocycles. The van der Waals surface area contributed by atoms with Crippen molar-refractivity contribution in [2.45, 2.75) is 13.1 Å². The van der Waals surface area contributed by atoms with Gasteiger partial charge in [-0.3, -0.25) is 0 Å². The summed E-state index contributed by atoms with van der Waals surface area (Å²) in [6, 6.07) is 0. The first-order valence-electron chi connectivity index (χ1n) is 2.48. The second-order valence-electron chi connectivity index (χ2n) is 1.77. The highest BCUT2D eigenvalue weighted by Gasteiger charge is 2.08. The first-order chi connectivity index (χ1) is 3.30. The lowest BCUT2D eigenvalue weighted by molar-refractivity contribution is 0.356. The van der Waals surface area contributed by atoms with Gasteiger partial charge in [0.25, 0.3) is 0 Å². The lowest BCUT2D eigenvalue weighted by Gasteiger charge is -2.25. The molecule has 0 bridgehead atoms. The van der Waals surface area contributed by atoms with E-state index in [1.54, 1.807) is 0 Å². The fourth-order valence-corrected chi connectivity index (χ4v) is 0.679. The molecule has 7 heavy (non-hydrogen) atoms. The normalized spacial score (nSPS) is 34.3. The van der Waals surface area contributed by atoms with Crippen molar-refractivity contribution < 1.29 is 0 Å². The highest BCUT2D eigenvalue weighted by Crippen LogP contribution is 1.96. The minimum Gasteiger partial charge on any atom is -0.784 e. The maximum absolute atomic E-state index is 10.4. The molecule has 42 valence electrons. The quantitative estimate of drug-likeness (QED) is 0.456. The summed E-state index contributed by atoms with van der Waals surface area (Å²) in [5, 5.41) is 14.5. The molecule has 1 rings (SSSR count). The Balaban J connectivity index is 2.33. The smallest absolute Gasteiger partial charge is 0.0453 e. The molecule has 0 radical (unpaired) electrons. The molecule has 3 nitrogen and oxygen atoms in total. The summed E-state index contributed by atoms with van der Waals surface area (Å²) in [4.78, 5) is 0. The van der Waals surface area contributed by atoms with Crippen molar-refractivity contribution in [3.05, 3.63) is 5.21 Å². The van der Waals surface area contributed by atoms with Gasteiger partial charge in [0.1, 0.15) is 0 Å². The molecule has 1 aliphatic heterocycles. The Morgan fingerprint density at radius 3 is 2.71 bits per heavy atom. The fraction of sp³-hybridized carbons (Fsp3) is 1.00. The summed E-state index contributed by atoms with van der Waals surface area (Å²) in [5.74, 6) is 0. The van der Waals surface area contributed by atoms with E-state index in [-0.39, 0.29) is 6.17 Å². The predicted octanol–water partition coefficient (Wildman–Crippen LogP) is -0.265. The number of nitrogens with one attached hydrogen (secondary N) is 1. The SMILES string of the molecule is CC1NCCN1[O-]. The number of hydrogen-bond donors (Lipinski definition) is 1. The first kappa shape index (κ1) is 5.03. The van der Waals surface area contributed by atoms with Crippen LogP contribution in [0.1, 0.15) is 6.92 Å². The molecule has 0 aliphatic carbocycles. The Bertz CT molecular complexity index is 58.7. The van der Waals surface area contributed by atoms with E-state index in [1.807, 2.05) is 6.92 Å². The van der Waals surface area contributed by atoms with Gasteiger partial charge in [0.05, 0.1) is 0 Å². The molecule has 0 saturated carbocycles. The van der Waals surface area contributed by atoms with E-state index in [1.165, 1.54) is 0 Å². The van der Waals surface area contributed by atoms with Crippen molar-refractivity contribution in [2.75, 3.05) is 13.1 Å². The Kier molecular flexibility index (Phi) is 1.27. The van der Waals surface area contributed by atoms with Crippen molar-refractivity contribution in [3.8, 4) is 0 Å². The van der Waals surface area contributed by atoms with Crippen LogP contribution in [-0.2, 0) is 0 Å². The standard InChI is InChI=1S/C4H9N2O/c1-4-5-2-3-6(4)7/h4-5H,2-3H2,1H3/q-1. The van der Waals surface area contributed by atoms with E-state index >= 15 is 0 Å². The fourth-order valence-electron chi connectivity index (χ4n) is 0.679. The van der Waals surface area contributed by atoms with Gasteiger partial charge in [0, 0.05) is 12.7 Å². The third-order valence-electron chi connectivity index (χ3n) is 1.20. The topological polar surface area (TPSA) is 38.3 Å². The van der Waals surface area contributed by atoms with Gasteiger partial charge in [-0.2, -0.15) is 0 Å². The first-order valence-corrected chi connectivity index (χ1v) is 2.48. The van der Waals surface area contributed by atoms with Crippen molar-refractivity contribution in [2.24, 2.45) is 0 Å². The van der Waals surface area contributed by atoms with E-state index in [0.29, 0.717) is 6.54 Å². The zero-order valence-electron chi connectivity index (χ0n) is 4.35. The van der Waals surface area contributed by atoms with E-state index in [4.69, 9.17) is 0 Å². The highest BCUT2D eigenvalue weighted by molar-refractivity contribution is 4.73. The molecule has 1 heterocycles. The molecular weight excluding hydrogens is 92.1 g/mol. The summed E-state index contributed by atoms with van der Waals surface area (Å²) in [7, 11) is 0. The van der Waals surface area contributed by atoms with Crippen LogP contribution in [-0.4, -0.2) is 24.3 Å². The van der Waals surface area contributed by atoms with Gasteiger partial charge in [0.15, 0.2) is 0 Å². The van der Waals surface area contributed by atoms with E-state index in [9.17, 15) is 5.21 Å².